The van der Waals surface area contributed by atoms with Gasteiger partial charge in [0, 0.05) is 17.8 Å². The standard InChI is InChI=1S/C21H18N4O2/c22-15-8-6-13(7-9-15)12-23-21(27)16-10-11-17(26)19-18(16)24-20(25-19)14-4-2-1-3-5-14/h1-11,26H,12,22H2,(H,23,27)(H,24,25). The summed E-state index contributed by atoms with van der Waals surface area (Å²) in [6.07, 6.45) is 0. The number of benzene rings is 3. The van der Waals surface area contributed by atoms with Gasteiger partial charge in [0.15, 0.2) is 0 Å². The first-order valence-electron chi connectivity index (χ1n) is 8.51. The zero-order valence-corrected chi connectivity index (χ0v) is 14.4. The molecule has 5 N–H and O–H groups in total. The van der Waals surface area contributed by atoms with Crippen LogP contribution in [0.4, 0.5) is 5.69 Å². The van der Waals surface area contributed by atoms with Gasteiger partial charge in [-0.3, -0.25) is 4.79 Å². The highest BCUT2D eigenvalue weighted by molar-refractivity contribution is 6.06. The van der Waals surface area contributed by atoms with Crippen LogP contribution in [0.2, 0.25) is 0 Å². The van der Waals surface area contributed by atoms with Crippen LogP contribution in [-0.2, 0) is 6.54 Å². The van der Waals surface area contributed by atoms with Crippen molar-refractivity contribution in [3.05, 3.63) is 77.9 Å². The third-order valence-electron chi connectivity index (χ3n) is 4.35. The number of hydrogen-bond acceptors (Lipinski definition) is 4. The molecule has 1 amide bonds. The van der Waals surface area contributed by atoms with Gasteiger partial charge in [0.2, 0.25) is 0 Å². The van der Waals surface area contributed by atoms with Crippen LogP contribution in [0.1, 0.15) is 15.9 Å². The molecule has 0 spiro atoms. The van der Waals surface area contributed by atoms with Crippen LogP contribution < -0.4 is 11.1 Å². The molecular formula is C21H18N4O2. The first kappa shape index (κ1) is 16.7. The fraction of sp³-hybridized carbons (Fsp3) is 0.0476. The number of H-pyrrole nitrogens is 1. The highest BCUT2D eigenvalue weighted by Crippen LogP contribution is 2.29. The molecule has 6 heteroatoms. The molecule has 4 rings (SSSR count). The molecule has 0 radical (unpaired) electrons. The molecule has 0 aliphatic heterocycles. The SMILES string of the molecule is Nc1ccc(CNC(=O)c2ccc(O)c3[nH]c(-c4ccccc4)nc23)cc1. The van der Waals surface area contributed by atoms with E-state index in [0.717, 1.165) is 11.1 Å². The van der Waals surface area contributed by atoms with Crippen molar-refractivity contribution < 1.29 is 9.90 Å². The van der Waals surface area contributed by atoms with Crippen LogP contribution in [0.15, 0.2) is 66.7 Å². The van der Waals surface area contributed by atoms with E-state index in [9.17, 15) is 9.90 Å². The smallest absolute Gasteiger partial charge is 0.253 e. The van der Waals surface area contributed by atoms with Gasteiger partial charge in [-0.15, -0.1) is 0 Å². The number of fused-ring (bicyclic) bond motifs is 1. The van der Waals surface area contributed by atoms with Gasteiger partial charge in [-0.2, -0.15) is 0 Å². The number of phenols is 1. The predicted octanol–water partition coefficient (Wildman–Crippen LogP) is 3.45. The topological polar surface area (TPSA) is 104 Å². The second kappa shape index (κ2) is 6.84. The van der Waals surface area contributed by atoms with Crippen molar-refractivity contribution in [1.82, 2.24) is 15.3 Å². The number of amides is 1. The van der Waals surface area contributed by atoms with Gasteiger partial charge >= 0.3 is 0 Å². The maximum atomic E-state index is 12.7. The number of anilines is 1. The zero-order chi connectivity index (χ0) is 18.8. The van der Waals surface area contributed by atoms with Crippen molar-refractivity contribution in [2.75, 3.05) is 5.73 Å². The average Bonchev–Trinajstić information content (AvgIpc) is 3.15. The summed E-state index contributed by atoms with van der Waals surface area (Å²) in [6, 6.07) is 19.9. The Morgan fingerprint density at radius 1 is 1.04 bits per heavy atom. The number of nitrogens with one attached hydrogen (secondary N) is 2. The zero-order valence-electron chi connectivity index (χ0n) is 14.4. The van der Waals surface area contributed by atoms with Gasteiger partial charge in [0.05, 0.1) is 5.56 Å². The number of nitrogens with two attached hydrogens (primary N) is 1. The molecule has 0 atom stereocenters. The number of rotatable bonds is 4. The minimum absolute atomic E-state index is 0.0507. The maximum absolute atomic E-state index is 12.7. The number of aromatic nitrogens is 2. The maximum Gasteiger partial charge on any atom is 0.253 e. The van der Waals surface area contributed by atoms with E-state index >= 15 is 0 Å². The number of hydrogen-bond donors (Lipinski definition) is 4. The van der Waals surface area contributed by atoms with Gasteiger partial charge in [-0.25, -0.2) is 4.98 Å². The lowest BCUT2D eigenvalue weighted by Gasteiger charge is -2.07. The Morgan fingerprint density at radius 3 is 2.52 bits per heavy atom. The van der Waals surface area contributed by atoms with Crippen LogP contribution in [0.3, 0.4) is 0 Å². The summed E-state index contributed by atoms with van der Waals surface area (Å²) < 4.78 is 0. The van der Waals surface area contributed by atoms with Gasteiger partial charge in [-0.1, -0.05) is 42.5 Å². The van der Waals surface area contributed by atoms with Crippen LogP contribution >= 0.6 is 0 Å². The first-order chi connectivity index (χ1) is 13.1. The number of imidazole rings is 1. The molecule has 3 aromatic carbocycles. The van der Waals surface area contributed by atoms with Crippen molar-refractivity contribution in [2.45, 2.75) is 6.54 Å². The summed E-state index contributed by atoms with van der Waals surface area (Å²) in [5.41, 5.74) is 9.45. The summed E-state index contributed by atoms with van der Waals surface area (Å²) in [6.45, 7) is 0.372. The van der Waals surface area contributed by atoms with E-state index in [2.05, 4.69) is 15.3 Å². The lowest BCUT2D eigenvalue weighted by Crippen LogP contribution is -2.23. The Balaban J connectivity index is 1.64. The Labute approximate surface area is 155 Å². The average molecular weight is 358 g/mol. The predicted molar refractivity (Wildman–Crippen MR) is 105 cm³/mol. The Kier molecular flexibility index (Phi) is 4.22. The molecule has 0 unspecified atom stereocenters. The minimum Gasteiger partial charge on any atom is -0.506 e. The van der Waals surface area contributed by atoms with Crippen LogP contribution in [-0.4, -0.2) is 21.0 Å². The summed E-state index contributed by atoms with van der Waals surface area (Å²) in [5, 5.41) is 13.0. The van der Waals surface area contributed by atoms with E-state index in [-0.39, 0.29) is 11.7 Å². The van der Waals surface area contributed by atoms with Crippen molar-refractivity contribution >= 4 is 22.6 Å². The minimum atomic E-state index is -0.261. The fourth-order valence-corrected chi connectivity index (χ4v) is 2.91. The van der Waals surface area contributed by atoms with Gasteiger partial charge in [0.25, 0.3) is 5.91 Å². The Hall–Kier alpha value is -3.80. The molecular weight excluding hydrogens is 340 g/mol. The van der Waals surface area contributed by atoms with Gasteiger partial charge < -0.3 is 21.1 Å². The number of nitrogen functional groups attached to an aromatic ring is 1. The van der Waals surface area contributed by atoms with Crippen LogP contribution in [0.25, 0.3) is 22.4 Å². The summed E-state index contributed by atoms with van der Waals surface area (Å²) in [7, 11) is 0. The molecule has 1 heterocycles. The second-order valence-electron chi connectivity index (χ2n) is 6.23. The number of aromatic amines is 1. The summed E-state index contributed by atoms with van der Waals surface area (Å²) in [4.78, 5) is 20.3. The van der Waals surface area contributed by atoms with E-state index in [1.165, 1.54) is 6.07 Å². The third-order valence-corrected chi connectivity index (χ3v) is 4.35. The highest BCUT2D eigenvalue weighted by Gasteiger charge is 2.17. The second-order valence-corrected chi connectivity index (χ2v) is 6.23. The van der Waals surface area contributed by atoms with E-state index < -0.39 is 0 Å². The molecule has 1 aromatic heterocycles. The summed E-state index contributed by atoms with van der Waals surface area (Å²) in [5.74, 6) is 0.386. The molecule has 0 aliphatic carbocycles. The number of carbonyl (C=O) groups excluding carboxylic acids is 1. The molecule has 0 bridgehead atoms. The third kappa shape index (κ3) is 3.32. The molecule has 0 saturated carbocycles. The first-order valence-corrected chi connectivity index (χ1v) is 8.51. The van der Waals surface area contributed by atoms with Crippen molar-refractivity contribution in [3.8, 4) is 17.1 Å². The van der Waals surface area contributed by atoms with E-state index in [4.69, 9.17) is 5.73 Å². The Bertz CT molecular complexity index is 1100. The largest absolute Gasteiger partial charge is 0.506 e. The lowest BCUT2D eigenvalue weighted by atomic mass is 10.1. The number of phenolic OH excluding ortho intramolecular Hbond substituents is 1. The fourth-order valence-electron chi connectivity index (χ4n) is 2.91. The van der Waals surface area contributed by atoms with E-state index in [0.29, 0.717) is 34.7 Å². The van der Waals surface area contributed by atoms with E-state index in [1.54, 1.807) is 18.2 Å². The molecule has 0 aliphatic rings. The Morgan fingerprint density at radius 2 is 1.78 bits per heavy atom. The molecule has 134 valence electrons. The lowest BCUT2D eigenvalue weighted by molar-refractivity contribution is 0.0952. The highest BCUT2D eigenvalue weighted by atomic mass is 16.3. The van der Waals surface area contributed by atoms with Gasteiger partial charge in [-0.05, 0) is 29.8 Å². The molecule has 27 heavy (non-hydrogen) atoms. The van der Waals surface area contributed by atoms with Crippen molar-refractivity contribution in [2.24, 2.45) is 0 Å². The van der Waals surface area contributed by atoms with Crippen LogP contribution in [0.5, 0.6) is 5.75 Å². The quantitative estimate of drug-likeness (QED) is 0.419. The molecule has 6 nitrogen and oxygen atoms in total. The monoisotopic (exact) mass is 358 g/mol. The molecule has 4 aromatic rings. The number of carbonyl (C=O) groups is 1. The summed E-state index contributed by atoms with van der Waals surface area (Å²) >= 11 is 0. The number of aromatic hydroxyl groups is 1. The van der Waals surface area contributed by atoms with Crippen molar-refractivity contribution in [3.63, 3.8) is 0 Å². The molecule has 0 saturated heterocycles. The van der Waals surface area contributed by atoms with Crippen molar-refractivity contribution in [1.29, 1.82) is 0 Å². The van der Waals surface area contributed by atoms with E-state index in [1.807, 2.05) is 42.5 Å². The van der Waals surface area contributed by atoms with Crippen LogP contribution in [0, 0.1) is 0 Å². The van der Waals surface area contributed by atoms with Gasteiger partial charge in [0.1, 0.15) is 22.6 Å². The normalized spacial score (nSPS) is 10.8. The molecule has 0 fully saturated rings. The number of nitrogens with zero attached hydrogens (tertiary/aromatic N) is 1.